The van der Waals surface area contributed by atoms with Crippen LogP contribution in [0.15, 0.2) is 20.0 Å². The quantitative estimate of drug-likeness (QED) is 0.855. The molecule has 106 valence electrons. The van der Waals surface area contributed by atoms with Gasteiger partial charge in [-0.15, -0.1) is 0 Å². The summed E-state index contributed by atoms with van der Waals surface area (Å²) < 4.78 is 32.7. The van der Waals surface area contributed by atoms with Gasteiger partial charge < -0.3 is 14.1 Å². The highest BCUT2D eigenvalue weighted by molar-refractivity contribution is 9.10. The molecule has 2 N–H and O–H groups in total. The van der Waals surface area contributed by atoms with Crippen molar-refractivity contribution in [2.45, 2.75) is 17.4 Å². The molecule has 1 unspecified atom stereocenters. The number of likely N-dealkylation sites (tertiary alicyclic amines) is 1. The summed E-state index contributed by atoms with van der Waals surface area (Å²) in [6, 6.07) is 1.13. The van der Waals surface area contributed by atoms with Crippen LogP contribution in [0.4, 0.5) is 0 Å². The molecule has 0 spiro atoms. The van der Waals surface area contributed by atoms with Crippen LogP contribution in [0.1, 0.15) is 17.0 Å². The smallest absolute Gasteiger partial charge is 0.289 e. The second kappa shape index (κ2) is 5.23. The van der Waals surface area contributed by atoms with Crippen molar-refractivity contribution in [2.24, 2.45) is 5.14 Å². The molecular formula is C10H13BrN2O5S. The summed E-state index contributed by atoms with van der Waals surface area (Å²) in [6.07, 6.45) is 0.742. The fourth-order valence-corrected chi connectivity index (χ4v) is 3.41. The number of hydrogen-bond acceptors (Lipinski definition) is 5. The predicted octanol–water partition coefficient (Wildman–Crippen LogP) is 0.550. The van der Waals surface area contributed by atoms with E-state index in [2.05, 4.69) is 15.9 Å². The van der Waals surface area contributed by atoms with Crippen LogP contribution in [0.3, 0.4) is 0 Å². The number of halogens is 1. The van der Waals surface area contributed by atoms with Crippen molar-refractivity contribution in [2.75, 3.05) is 20.2 Å². The molecule has 0 aliphatic carbocycles. The van der Waals surface area contributed by atoms with Crippen molar-refractivity contribution >= 4 is 31.9 Å². The number of furan rings is 1. The van der Waals surface area contributed by atoms with Crippen molar-refractivity contribution in [1.82, 2.24) is 4.90 Å². The number of hydrogen-bond donors (Lipinski definition) is 1. The van der Waals surface area contributed by atoms with Gasteiger partial charge in [-0.05, 0) is 22.4 Å². The number of carbonyl (C=O) groups excluding carboxylic acids is 1. The molecule has 0 bridgehead atoms. The molecule has 1 fully saturated rings. The van der Waals surface area contributed by atoms with E-state index >= 15 is 0 Å². The molecule has 9 heteroatoms. The molecule has 1 saturated heterocycles. The lowest BCUT2D eigenvalue weighted by Crippen LogP contribution is -2.29. The summed E-state index contributed by atoms with van der Waals surface area (Å²) >= 11 is 2.93. The SMILES string of the molecule is COC1CCN(C(=O)c2cc(S(N)(=O)=O)c(Br)o2)C1. The van der Waals surface area contributed by atoms with E-state index in [1.54, 1.807) is 12.0 Å². The molecule has 2 rings (SSSR count). The van der Waals surface area contributed by atoms with E-state index in [9.17, 15) is 13.2 Å². The number of ether oxygens (including phenoxy) is 1. The second-order valence-corrected chi connectivity index (χ2v) is 6.44. The van der Waals surface area contributed by atoms with Gasteiger partial charge in [0.05, 0.1) is 6.10 Å². The molecule has 1 amide bonds. The number of methoxy groups -OCH3 is 1. The second-order valence-electron chi connectivity index (χ2n) is 4.19. The maximum absolute atomic E-state index is 12.1. The Balaban J connectivity index is 2.22. The van der Waals surface area contributed by atoms with Crippen LogP contribution in [0, 0.1) is 0 Å². The van der Waals surface area contributed by atoms with E-state index in [4.69, 9.17) is 14.3 Å². The van der Waals surface area contributed by atoms with Gasteiger partial charge in [0.25, 0.3) is 5.91 Å². The Morgan fingerprint density at radius 1 is 1.63 bits per heavy atom. The lowest BCUT2D eigenvalue weighted by molar-refractivity contribution is 0.0694. The van der Waals surface area contributed by atoms with Gasteiger partial charge in [0.2, 0.25) is 10.0 Å². The highest BCUT2D eigenvalue weighted by Crippen LogP contribution is 2.26. The molecule has 1 aromatic rings. The monoisotopic (exact) mass is 352 g/mol. The molecule has 2 heterocycles. The fraction of sp³-hybridized carbons (Fsp3) is 0.500. The lowest BCUT2D eigenvalue weighted by atomic mass is 10.3. The molecule has 19 heavy (non-hydrogen) atoms. The van der Waals surface area contributed by atoms with Crippen LogP contribution < -0.4 is 5.14 Å². The van der Waals surface area contributed by atoms with Gasteiger partial charge >= 0.3 is 0 Å². The van der Waals surface area contributed by atoms with Crippen LogP contribution in [0.5, 0.6) is 0 Å². The topological polar surface area (TPSA) is 103 Å². The molecule has 0 aromatic carbocycles. The Hall–Kier alpha value is -0.900. The van der Waals surface area contributed by atoms with Gasteiger partial charge in [-0.1, -0.05) is 0 Å². The number of sulfonamides is 1. The number of rotatable bonds is 3. The van der Waals surface area contributed by atoms with Crippen molar-refractivity contribution in [3.63, 3.8) is 0 Å². The van der Waals surface area contributed by atoms with Gasteiger partial charge in [-0.3, -0.25) is 4.79 Å². The first-order valence-corrected chi connectivity index (χ1v) is 7.81. The van der Waals surface area contributed by atoms with E-state index in [0.29, 0.717) is 13.1 Å². The third-order valence-electron chi connectivity index (χ3n) is 2.94. The summed E-state index contributed by atoms with van der Waals surface area (Å²) in [7, 11) is -2.34. The Morgan fingerprint density at radius 2 is 2.32 bits per heavy atom. The van der Waals surface area contributed by atoms with E-state index < -0.39 is 10.0 Å². The molecule has 1 aliphatic heterocycles. The molecule has 0 saturated carbocycles. The van der Waals surface area contributed by atoms with E-state index in [1.165, 1.54) is 0 Å². The zero-order chi connectivity index (χ0) is 14.2. The average molecular weight is 353 g/mol. The standard InChI is InChI=1S/C10H13BrN2O5S/c1-17-6-2-3-13(5-6)10(14)7-4-8(9(11)18-7)19(12,15)16/h4,6H,2-3,5H2,1H3,(H2,12,15,16). The van der Waals surface area contributed by atoms with Crippen LogP contribution in [0.2, 0.25) is 0 Å². The number of primary sulfonamides is 1. The first-order chi connectivity index (χ1) is 8.82. The summed E-state index contributed by atoms with van der Waals surface area (Å²) in [6.45, 7) is 0.999. The summed E-state index contributed by atoms with van der Waals surface area (Å²) in [4.78, 5) is 13.4. The summed E-state index contributed by atoms with van der Waals surface area (Å²) in [5.74, 6) is -0.442. The minimum absolute atomic E-state index is 0.0000597. The van der Waals surface area contributed by atoms with Gasteiger partial charge in [0.15, 0.2) is 10.4 Å². The maximum Gasteiger partial charge on any atom is 0.289 e. The minimum Gasteiger partial charge on any atom is -0.443 e. The minimum atomic E-state index is -3.92. The Labute approximate surface area is 118 Å². The predicted molar refractivity (Wildman–Crippen MR) is 69.1 cm³/mol. The number of nitrogens with two attached hydrogens (primary N) is 1. The van der Waals surface area contributed by atoms with Crippen molar-refractivity contribution in [1.29, 1.82) is 0 Å². The number of amides is 1. The van der Waals surface area contributed by atoms with Gasteiger partial charge in [-0.2, -0.15) is 0 Å². The Morgan fingerprint density at radius 3 is 2.79 bits per heavy atom. The largest absolute Gasteiger partial charge is 0.443 e. The van der Waals surface area contributed by atoms with Crippen molar-refractivity contribution in [3.8, 4) is 0 Å². The van der Waals surface area contributed by atoms with Gasteiger partial charge in [0.1, 0.15) is 4.90 Å². The van der Waals surface area contributed by atoms with Gasteiger partial charge in [-0.25, -0.2) is 13.6 Å². The molecule has 0 radical (unpaired) electrons. The highest BCUT2D eigenvalue weighted by atomic mass is 79.9. The van der Waals surface area contributed by atoms with Gasteiger partial charge in [0, 0.05) is 26.3 Å². The normalized spacial score (nSPS) is 19.9. The molecule has 1 aliphatic rings. The summed E-state index contributed by atoms with van der Waals surface area (Å²) in [5, 5.41) is 5.01. The van der Waals surface area contributed by atoms with Crippen LogP contribution in [-0.2, 0) is 14.8 Å². The Kier molecular flexibility index (Phi) is 4.00. The number of nitrogens with zero attached hydrogens (tertiary/aromatic N) is 1. The first kappa shape index (κ1) is 14.5. The van der Waals surface area contributed by atoms with Crippen LogP contribution in [0.25, 0.3) is 0 Å². The first-order valence-electron chi connectivity index (χ1n) is 5.47. The molecular weight excluding hydrogens is 340 g/mol. The van der Waals surface area contributed by atoms with E-state index in [1.807, 2.05) is 0 Å². The third-order valence-corrected chi connectivity index (χ3v) is 4.71. The highest BCUT2D eigenvalue weighted by Gasteiger charge is 2.30. The maximum atomic E-state index is 12.1. The zero-order valence-electron chi connectivity index (χ0n) is 10.1. The summed E-state index contributed by atoms with van der Waals surface area (Å²) in [5.41, 5.74) is 0. The Bertz CT molecular complexity index is 597. The lowest BCUT2D eigenvalue weighted by Gasteiger charge is -2.14. The van der Waals surface area contributed by atoms with E-state index in [-0.39, 0.29) is 27.3 Å². The molecule has 1 atom stereocenters. The van der Waals surface area contributed by atoms with Crippen molar-refractivity contribution < 1.29 is 22.4 Å². The van der Waals surface area contributed by atoms with Crippen LogP contribution in [-0.4, -0.2) is 45.5 Å². The van der Waals surface area contributed by atoms with Crippen molar-refractivity contribution in [3.05, 3.63) is 16.5 Å². The third kappa shape index (κ3) is 2.99. The number of carbonyl (C=O) groups is 1. The molecule has 1 aromatic heterocycles. The zero-order valence-corrected chi connectivity index (χ0v) is 12.5. The van der Waals surface area contributed by atoms with E-state index in [0.717, 1.165) is 12.5 Å². The van der Waals surface area contributed by atoms with Crippen LogP contribution >= 0.6 is 15.9 Å². The average Bonchev–Trinajstić information content (AvgIpc) is 2.93. The molecule has 7 nitrogen and oxygen atoms in total. The fourth-order valence-electron chi connectivity index (χ4n) is 1.91.